The number of ether oxygens (including phenoxy) is 1. The van der Waals surface area contributed by atoms with Gasteiger partial charge in [-0.15, -0.1) is 0 Å². The largest absolute Gasteiger partial charge is 0.380 e. The zero-order chi connectivity index (χ0) is 20.1. The van der Waals surface area contributed by atoms with Crippen LogP contribution in [0.5, 0.6) is 0 Å². The molecule has 1 saturated heterocycles. The summed E-state index contributed by atoms with van der Waals surface area (Å²) in [5.41, 5.74) is 9.34. The zero-order valence-corrected chi connectivity index (χ0v) is 16.4. The molecule has 0 aromatic carbocycles. The molecule has 0 unspecified atom stereocenters. The van der Waals surface area contributed by atoms with Crippen molar-refractivity contribution < 1.29 is 13.9 Å². The summed E-state index contributed by atoms with van der Waals surface area (Å²) in [6.07, 6.45) is 2.69. The molecule has 5 rings (SSSR count). The number of nitrogens with two attached hydrogens (primary N) is 1. The highest BCUT2D eigenvalue weighted by molar-refractivity contribution is 6.04. The summed E-state index contributed by atoms with van der Waals surface area (Å²) in [6.45, 7) is 3.84. The minimum absolute atomic E-state index is 0.127. The van der Waals surface area contributed by atoms with Crippen LogP contribution in [0.15, 0.2) is 12.3 Å². The quantitative estimate of drug-likeness (QED) is 0.709. The van der Waals surface area contributed by atoms with Crippen LogP contribution in [0.2, 0.25) is 0 Å². The number of nitrogens with zero attached hydrogens (tertiary/aromatic N) is 3. The van der Waals surface area contributed by atoms with Crippen molar-refractivity contribution in [2.45, 2.75) is 38.1 Å². The molecule has 0 bridgehead atoms. The van der Waals surface area contributed by atoms with Crippen LogP contribution in [0.4, 0.5) is 10.2 Å². The van der Waals surface area contributed by atoms with Crippen LogP contribution >= 0.6 is 0 Å². The molecule has 0 aliphatic carbocycles. The van der Waals surface area contributed by atoms with E-state index in [0.29, 0.717) is 36.5 Å². The maximum Gasteiger partial charge on any atom is 0.254 e. The predicted octanol–water partition coefficient (Wildman–Crippen LogP) is 0.906. The number of halogens is 1. The van der Waals surface area contributed by atoms with Crippen LogP contribution in [-0.4, -0.2) is 59.2 Å². The minimum Gasteiger partial charge on any atom is -0.380 e. The van der Waals surface area contributed by atoms with Crippen molar-refractivity contribution in [3.63, 3.8) is 0 Å². The fraction of sp³-hybridized carbons (Fsp3) is 0.500. The van der Waals surface area contributed by atoms with E-state index in [2.05, 4.69) is 32.1 Å². The lowest BCUT2D eigenvalue weighted by atomic mass is 10.0. The average molecular weight is 400 g/mol. The standard InChI is InChI=1S/C20H25FN6O2/c1-26-3-4-27-8-11(6-12(27)9-26)18-16-13(7-23-20(16)28)17(21)19(25-18)24-15-2-5-29-10-14(15)22/h6,8,14-15H,2-5,7,9-10,22H2,1H3,(H,23,28)(H,24,25)/t14-,15+/m0/s1. The third-order valence-electron chi connectivity index (χ3n) is 6.02. The zero-order valence-electron chi connectivity index (χ0n) is 16.4. The third kappa shape index (κ3) is 3.19. The molecule has 0 spiro atoms. The van der Waals surface area contributed by atoms with Gasteiger partial charge in [0.25, 0.3) is 5.91 Å². The second kappa shape index (κ2) is 7.08. The molecule has 2 aromatic heterocycles. The van der Waals surface area contributed by atoms with Crippen LogP contribution < -0.4 is 16.4 Å². The maximum absolute atomic E-state index is 15.2. The average Bonchev–Trinajstić information content (AvgIpc) is 3.29. The Labute approximate surface area is 168 Å². The monoisotopic (exact) mass is 400 g/mol. The predicted molar refractivity (Wildman–Crippen MR) is 106 cm³/mol. The topological polar surface area (TPSA) is 97.4 Å². The van der Waals surface area contributed by atoms with Crippen LogP contribution in [0.3, 0.4) is 0 Å². The molecular formula is C20H25FN6O2. The summed E-state index contributed by atoms with van der Waals surface area (Å²) in [7, 11) is 2.08. The molecule has 4 N–H and O–H groups in total. The van der Waals surface area contributed by atoms with Crippen LogP contribution in [0.25, 0.3) is 11.3 Å². The summed E-state index contributed by atoms with van der Waals surface area (Å²) in [5.74, 6) is -0.611. The number of carbonyl (C=O) groups is 1. The normalized spacial score (nSPS) is 24.2. The van der Waals surface area contributed by atoms with Crippen molar-refractivity contribution in [1.29, 1.82) is 0 Å². The van der Waals surface area contributed by atoms with E-state index in [-0.39, 0.29) is 30.4 Å². The number of rotatable bonds is 3. The molecular weight excluding hydrogens is 375 g/mol. The lowest BCUT2D eigenvalue weighted by Gasteiger charge is -2.30. The van der Waals surface area contributed by atoms with Gasteiger partial charge in [0, 0.05) is 67.9 Å². The number of likely N-dealkylation sites (N-methyl/N-ethyl adjacent to an activating group) is 1. The maximum atomic E-state index is 15.2. The summed E-state index contributed by atoms with van der Waals surface area (Å²) in [6, 6.07) is 1.68. The van der Waals surface area contributed by atoms with Crippen molar-refractivity contribution in [1.82, 2.24) is 19.8 Å². The number of hydrogen-bond acceptors (Lipinski definition) is 6. The molecule has 2 aromatic rings. The highest BCUT2D eigenvalue weighted by Gasteiger charge is 2.32. The van der Waals surface area contributed by atoms with Gasteiger partial charge in [-0.2, -0.15) is 0 Å². The first-order valence-electron chi connectivity index (χ1n) is 9.99. The summed E-state index contributed by atoms with van der Waals surface area (Å²) >= 11 is 0. The Hall–Kier alpha value is -2.49. The van der Waals surface area contributed by atoms with Gasteiger partial charge < -0.3 is 25.7 Å². The Morgan fingerprint density at radius 1 is 1.41 bits per heavy atom. The number of nitrogens with one attached hydrogen (secondary N) is 2. The number of pyridine rings is 1. The van der Waals surface area contributed by atoms with Crippen molar-refractivity contribution in [3.05, 3.63) is 34.9 Å². The van der Waals surface area contributed by atoms with Crippen LogP contribution in [0, 0.1) is 5.82 Å². The van der Waals surface area contributed by atoms with Gasteiger partial charge in [0.15, 0.2) is 11.6 Å². The molecule has 3 aliphatic rings. The Balaban J connectivity index is 1.58. The fourth-order valence-electron chi connectivity index (χ4n) is 4.36. The van der Waals surface area contributed by atoms with Gasteiger partial charge >= 0.3 is 0 Å². The number of aromatic nitrogens is 2. The SMILES string of the molecule is CN1CCn2cc(-c3nc(N[C@@H]4CCOC[C@@H]4N)c(F)c4c3C(=O)NC4)cc2C1. The van der Waals surface area contributed by atoms with E-state index in [0.717, 1.165) is 30.9 Å². The Morgan fingerprint density at radius 3 is 3.10 bits per heavy atom. The van der Waals surface area contributed by atoms with Gasteiger partial charge in [-0.05, 0) is 19.5 Å². The molecule has 2 atom stereocenters. The molecule has 1 amide bonds. The number of fused-ring (bicyclic) bond motifs is 2. The molecule has 0 saturated carbocycles. The first kappa shape index (κ1) is 18.5. The number of anilines is 1. The van der Waals surface area contributed by atoms with Crippen molar-refractivity contribution in [3.8, 4) is 11.3 Å². The number of hydrogen-bond donors (Lipinski definition) is 3. The lowest BCUT2D eigenvalue weighted by molar-refractivity contribution is 0.0751. The highest BCUT2D eigenvalue weighted by atomic mass is 19.1. The van der Waals surface area contributed by atoms with E-state index in [1.165, 1.54) is 0 Å². The molecule has 9 heteroatoms. The van der Waals surface area contributed by atoms with Gasteiger partial charge in [0.05, 0.1) is 17.9 Å². The summed E-state index contributed by atoms with van der Waals surface area (Å²) < 4.78 is 22.8. The van der Waals surface area contributed by atoms with E-state index in [1.807, 2.05) is 12.3 Å². The molecule has 3 aliphatic heterocycles. The Morgan fingerprint density at radius 2 is 2.28 bits per heavy atom. The molecule has 0 radical (unpaired) electrons. The van der Waals surface area contributed by atoms with E-state index >= 15 is 4.39 Å². The molecule has 8 nitrogen and oxygen atoms in total. The van der Waals surface area contributed by atoms with Crippen molar-refractivity contribution in [2.75, 3.05) is 32.1 Å². The van der Waals surface area contributed by atoms with Crippen molar-refractivity contribution in [2.24, 2.45) is 5.73 Å². The fourth-order valence-corrected chi connectivity index (χ4v) is 4.36. The lowest BCUT2D eigenvalue weighted by Crippen LogP contribution is -2.48. The minimum atomic E-state index is -0.482. The van der Waals surface area contributed by atoms with Gasteiger partial charge in [0.2, 0.25) is 0 Å². The molecule has 154 valence electrons. The smallest absolute Gasteiger partial charge is 0.254 e. The van der Waals surface area contributed by atoms with E-state index < -0.39 is 5.82 Å². The second-order valence-corrected chi connectivity index (χ2v) is 8.09. The second-order valence-electron chi connectivity index (χ2n) is 8.09. The molecule has 5 heterocycles. The van der Waals surface area contributed by atoms with Gasteiger partial charge in [0.1, 0.15) is 0 Å². The van der Waals surface area contributed by atoms with Crippen LogP contribution in [-0.2, 0) is 24.4 Å². The third-order valence-corrected chi connectivity index (χ3v) is 6.02. The van der Waals surface area contributed by atoms with E-state index in [9.17, 15) is 4.79 Å². The van der Waals surface area contributed by atoms with Gasteiger partial charge in [-0.1, -0.05) is 0 Å². The Bertz CT molecular complexity index is 974. The Kier molecular flexibility index (Phi) is 4.53. The van der Waals surface area contributed by atoms with Gasteiger partial charge in [-0.3, -0.25) is 9.69 Å². The molecule has 29 heavy (non-hydrogen) atoms. The van der Waals surface area contributed by atoms with Gasteiger partial charge in [-0.25, -0.2) is 9.37 Å². The number of amides is 1. The van der Waals surface area contributed by atoms with Crippen molar-refractivity contribution >= 4 is 11.7 Å². The van der Waals surface area contributed by atoms with E-state index in [4.69, 9.17) is 10.5 Å². The first-order valence-corrected chi connectivity index (χ1v) is 9.99. The summed E-state index contributed by atoms with van der Waals surface area (Å²) in [4.78, 5) is 19.3. The number of carbonyl (C=O) groups excluding carboxylic acids is 1. The van der Waals surface area contributed by atoms with Crippen LogP contribution in [0.1, 0.15) is 28.0 Å². The molecule has 1 fully saturated rings. The first-order chi connectivity index (χ1) is 14.0. The van der Waals surface area contributed by atoms with E-state index in [1.54, 1.807) is 0 Å². The summed E-state index contributed by atoms with van der Waals surface area (Å²) in [5, 5.41) is 5.92. The highest BCUT2D eigenvalue weighted by Crippen LogP contribution is 2.34.